The van der Waals surface area contributed by atoms with Crippen molar-refractivity contribution in [1.29, 1.82) is 0 Å². The molecule has 0 saturated carbocycles. The van der Waals surface area contributed by atoms with Crippen molar-refractivity contribution in [3.8, 4) is 5.75 Å². The lowest BCUT2D eigenvalue weighted by atomic mass is 10.2. The average Bonchev–Trinajstić information content (AvgIpc) is 2.09. The summed E-state index contributed by atoms with van der Waals surface area (Å²) in [6.45, 7) is -0.913. The van der Waals surface area contributed by atoms with E-state index in [1.807, 2.05) is 0 Å². The zero-order valence-corrected chi connectivity index (χ0v) is 9.19. The summed E-state index contributed by atoms with van der Waals surface area (Å²) in [5.41, 5.74) is 0.670. The molecule has 1 aromatic rings. The van der Waals surface area contributed by atoms with Crippen LogP contribution >= 0.6 is 15.9 Å². The third-order valence-electron chi connectivity index (χ3n) is 1.67. The van der Waals surface area contributed by atoms with Crippen molar-refractivity contribution in [1.82, 2.24) is 5.32 Å². The summed E-state index contributed by atoms with van der Waals surface area (Å²) in [4.78, 5) is 0. The van der Waals surface area contributed by atoms with E-state index in [2.05, 4.69) is 21.2 Å². The number of phenols is 1. The van der Waals surface area contributed by atoms with E-state index in [0.29, 0.717) is 10.0 Å². The largest absolute Gasteiger partial charge is 0.507 e. The van der Waals surface area contributed by atoms with Crippen LogP contribution < -0.4 is 5.32 Å². The first-order valence-corrected chi connectivity index (χ1v) is 4.92. The van der Waals surface area contributed by atoms with Crippen LogP contribution in [0.1, 0.15) is 5.56 Å². The molecule has 0 radical (unpaired) electrons. The van der Waals surface area contributed by atoms with Gasteiger partial charge in [-0.3, -0.25) is 0 Å². The molecule has 0 aromatic heterocycles. The Morgan fingerprint density at radius 1 is 1.33 bits per heavy atom. The fraction of sp³-hybridized carbons (Fsp3) is 0.333. The van der Waals surface area contributed by atoms with Gasteiger partial charge in [0, 0.05) is 6.54 Å². The smallest absolute Gasteiger partial charge is 0.401 e. The third kappa shape index (κ3) is 4.53. The molecule has 1 aromatic carbocycles. The SMILES string of the molecule is Oc1ccc(CNCC(F)(F)F)cc1Br. The number of hydrogen-bond acceptors (Lipinski definition) is 2. The van der Waals surface area contributed by atoms with E-state index in [9.17, 15) is 13.2 Å². The van der Waals surface area contributed by atoms with Crippen molar-refractivity contribution < 1.29 is 18.3 Å². The van der Waals surface area contributed by atoms with Crippen molar-refractivity contribution >= 4 is 15.9 Å². The average molecular weight is 284 g/mol. The Bertz CT molecular complexity index is 341. The summed E-state index contributed by atoms with van der Waals surface area (Å²) in [5.74, 6) is 0.0644. The first-order valence-electron chi connectivity index (χ1n) is 4.13. The molecule has 0 aliphatic rings. The Morgan fingerprint density at radius 3 is 2.53 bits per heavy atom. The van der Waals surface area contributed by atoms with Gasteiger partial charge in [-0.1, -0.05) is 6.07 Å². The highest BCUT2D eigenvalue weighted by atomic mass is 79.9. The van der Waals surface area contributed by atoms with E-state index in [1.165, 1.54) is 6.07 Å². The Kier molecular flexibility index (Phi) is 3.98. The molecule has 6 heteroatoms. The number of hydrogen-bond donors (Lipinski definition) is 2. The molecule has 0 heterocycles. The lowest BCUT2D eigenvalue weighted by molar-refractivity contribution is -0.125. The normalized spacial score (nSPS) is 11.7. The van der Waals surface area contributed by atoms with Gasteiger partial charge >= 0.3 is 6.18 Å². The molecule has 0 unspecified atom stereocenters. The molecule has 2 nitrogen and oxygen atoms in total. The third-order valence-corrected chi connectivity index (χ3v) is 2.30. The van der Waals surface area contributed by atoms with E-state index in [4.69, 9.17) is 5.11 Å². The van der Waals surface area contributed by atoms with Crippen LogP contribution in [0.4, 0.5) is 13.2 Å². The van der Waals surface area contributed by atoms with Crippen LogP contribution in [0.3, 0.4) is 0 Å². The second-order valence-electron chi connectivity index (χ2n) is 3.00. The molecule has 0 fully saturated rings. The van der Waals surface area contributed by atoms with Gasteiger partial charge in [0.05, 0.1) is 11.0 Å². The molecular weight excluding hydrogens is 275 g/mol. The zero-order valence-electron chi connectivity index (χ0n) is 7.61. The predicted molar refractivity (Wildman–Crippen MR) is 53.6 cm³/mol. The minimum absolute atomic E-state index is 0.0644. The van der Waals surface area contributed by atoms with Gasteiger partial charge in [-0.05, 0) is 33.6 Å². The molecule has 0 saturated heterocycles. The lowest BCUT2D eigenvalue weighted by Crippen LogP contribution is -2.28. The molecule has 2 N–H and O–H groups in total. The minimum Gasteiger partial charge on any atom is -0.507 e. The van der Waals surface area contributed by atoms with Crippen LogP contribution in [0.15, 0.2) is 22.7 Å². The fourth-order valence-corrected chi connectivity index (χ4v) is 1.44. The quantitative estimate of drug-likeness (QED) is 0.894. The second-order valence-corrected chi connectivity index (χ2v) is 3.86. The Morgan fingerprint density at radius 2 is 2.00 bits per heavy atom. The number of benzene rings is 1. The van der Waals surface area contributed by atoms with Crippen molar-refractivity contribution in [2.75, 3.05) is 6.54 Å². The van der Waals surface area contributed by atoms with Crippen LogP contribution in [0.2, 0.25) is 0 Å². The zero-order chi connectivity index (χ0) is 11.5. The number of alkyl halides is 3. The first kappa shape index (κ1) is 12.3. The number of rotatable bonds is 3. The molecule has 0 aliphatic carbocycles. The van der Waals surface area contributed by atoms with Gasteiger partial charge in [0.25, 0.3) is 0 Å². The molecule has 1 rings (SSSR count). The van der Waals surface area contributed by atoms with Crippen molar-refractivity contribution in [3.05, 3.63) is 28.2 Å². The van der Waals surface area contributed by atoms with Gasteiger partial charge in [-0.25, -0.2) is 0 Å². The summed E-state index contributed by atoms with van der Waals surface area (Å²) < 4.78 is 35.8. The highest BCUT2D eigenvalue weighted by Crippen LogP contribution is 2.24. The van der Waals surface area contributed by atoms with Crippen LogP contribution in [-0.2, 0) is 6.54 Å². The summed E-state index contributed by atoms with van der Waals surface area (Å²) in [6, 6.07) is 4.55. The van der Waals surface area contributed by atoms with E-state index in [-0.39, 0.29) is 12.3 Å². The van der Waals surface area contributed by atoms with Gasteiger partial charge in [-0.2, -0.15) is 13.2 Å². The Labute approximate surface area is 93.2 Å². The Hall–Kier alpha value is -0.750. The van der Waals surface area contributed by atoms with Gasteiger partial charge in [0.15, 0.2) is 0 Å². The van der Waals surface area contributed by atoms with Crippen LogP contribution in [-0.4, -0.2) is 17.8 Å². The number of phenolic OH excluding ortho intramolecular Hbond substituents is 1. The summed E-state index contributed by atoms with van der Waals surface area (Å²) in [7, 11) is 0. The van der Waals surface area contributed by atoms with Gasteiger partial charge in [0.1, 0.15) is 5.75 Å². The molecule has 0 atom stereocenters. The minimum atomic E-state index is -4.20. The van der Waals surface area contributed by atoms with Gasteiger partial charge < -0.3 is 10.4 Å². The molecular formula is C9H9BrF3NO. The topological polar surface area (TPSA) is 32.3 Å². The molecule has 0 bridgehead atoms. The number of nitrogens with one attached hydrogen (secondary N) is 1. The van der Waals surface area contributed by atoms with E-state index < -0.39 is 12.7 Å². The summed E-state index contributed by atoms with van der Waals surface area (Å²) >= 11 is 3.08. The van der Waals surface area contributed by atoms with Crippen molar-refractivity contribution in [2.24, 2.45) is 0 Å². The van der Waals surface area contributed by atoms with E-state index >= 15 is 0 Å². The van der Waals surface area contributed by atoms with E-state index in [0.717, 1.165) is 0 Å². The second kappa shape index (κ2) is 4.85. The number of aromatic hydroxyl groups is 1. The van der Waals surface area contributed by atoms with Crippen LogP contribution in [0.25, 0.3) is 0 Å². The van der Waals surface area contributed by atoms with E-state index in [1.54, 1.807) is 12.1 Å². The van der Waals surface area contributed by atoms with Crippen LogP contribution in [0.5, 0.6) is 5.75 Å². The molecule has 0 spiro atoms. The number of halogens is 4. The maximum absolute atomic E-state index is 11.8. The van der Waals surface area contributed by atoms with Crippen LogP contribution in [0, 0.1) is 0 Å². The molecule has 84 valence electrons. The first-order chi connectivity index (χ1) is 6.88. The standard InChI is InChI=1S/C9H9BrF3NO/c10-7-3-6(1-2-8(7)15)4-14-5-9(11,12)13/h1-3,14-15H,4-5H2. The molecule has 0 amide bonds. The summed E-state index contributed by atoms with van der Waals surface area (Å²) in [6.07, 6.45) is -4.20. The predicted octanol–water partition coefficient (Wildman–Crippen LogP) is 2.81. The monoisotopic (exact) mass is 283 g/mol. The molecule has 0 aliphatic heterocycles. The Balaban J connectivity index is 2.48. The van der Waals surface area contributed by atoms with Gasteiger partial charge in [0.2, 0.25) is 0 Å². The van der Waals surface area contributed by atoms with Gasteiger partial charge in [-0.15, -0.1) is 0 Å². The maximum Gasteiger partial charge on any atom is 0.401 e. The lowest BCUT2D eigenvalue weighted by Gasteiger charge is -2.08. The molecule has 15 heavy (non-hydrogen) atoms. The van der Waals surface area contributed by atoms with Crippen molar-refractivity contribution in [2.45, 2.75) is 12.7 Å². The highest BCUT2D eigenvalue weighted by Gasteiger charge is 2.25. The maximum atomic E-state index is 11.8. The van der Waals surface area contributed by atoms with Crippen molar-refractivity contribution in [3.63, 3.8) is 0 Å². The highest BCUT2D eigenvalue weighted by molar-refractivity contribution is 9.10. The fourth-order valence-electron chi connectivity index (χ4n) is 1.01. The summed E-state index contributed by atoms with van der Waals surface area (Å²) in [5, 5.41) is 11.4.